The number of fused-ring (bicyclic) bond motifs is 1. The lowest BCUT2D eigenvalue weighted by Gasteiger charge is -2.17. The van der Waals surface area contributed by atoms with Gasteiger partial charge in [0.05, 0.1) is 34.0 Å². The zero-order valence-electron chi connectivity index (χ0n) is 20.3. The van der Waals surface area contributed by atoms with Gasteiger partial charge in [0.25, 0.3) is 11.8 Å². The molecule has 0 bridgehead atoms. The molecule has 0 aliphatic carbocycles. The van der Waals surface area contributed by atoms with Gasteiger partial charge < -0.3 is 10.1 Å². The summed E-state index contributed by atoms with van der Waals surface area (Å²) in [6.45, 7) is 0.149. The van der Waals surface area contributed by atoms with E-state index in [1.807, 2.05) is 24.3 Å². The zero-order chi connectivity index (χ0) is 26.8. The highest BCUT2D eigenvalue weighted by molar-refractivity contribution is 8.26. The summed E-state index contributed by atoms with van der Waals surface area (Å²) in [4.78, 5) is 43.1. The molecule has 192 valence electrons. The maximum atomic E-state index is 13.6. The number of hydrogen-bond acceptors (Lipinski definition) is 6. The van der Waals surface area contributed by atoms with Gasteiger partial charge in [-0.05, 0) is 42.3 Å². The molecule has 1 fully saturated rings. The normalized spacial score (nSPS) is 16.7. The number of nitrogens with zero attached hydrogens (tertiary/aromatic N) is 2. The molecule has 1 N–H and O–H groups in total. The highest BCUT2D eigenvalue weighted by atomic mass is 35.5. The first-order chi connectivity index (χ1) is 18.4. The summed E-state index contributed by atoms with van der Waals surface area (Å²) in [6.07, 6.45) is 0.595. The molecule has 2 aliphatic rings. The number of halogens is 1. The molecule has 3 aromatic rings. The molecule has 0 aromatic heterocycles. The summed E-state index contributed by atoms with van der Waals surface area (Å²) in [5.74, 6) is -0.382. The number of carbonyl (C=O) groups is 3. The number of ether oxygens (including phenoxy) is 1. The number of amides is 3. The van der Waals surface area contributed by atoms with Gasteiger partial charge in [0, 0.05) is 12.1 Å². The Kier molecular flexibility index (Phi) is 7.51. The monoisotopic (exact) mass is 563 g/mol. The second-order valence-corrected chi connectivity index (χ2v) is 10.6. The smallest absolute Gasteiger partial charge is 0.267 e. The zero-order valence-corrected chi connectivity index (χ0v) is 22.7. The van der Waals surface area contributed by atoms with Gasteiger partial charge in [-0.2, -0.15) is 0 Å². The van der Waals surface area contributed by atoms with Crippen LogP contribution in [0.4, 0.5) is 11.4 Å². The highest BCUT2D eigenvalue weighted by Gasteiger charge is 2.42. The van der Waals surface area contributed by atoms with Crippen molar-refractivity contribution in [1.29, 1.82) is 0 Å². The predicted octanol–water partition coefficient (Wildman–Crippen LogP) is 5.15. The molecule has 0 spiro atoms. The minimum absolute atomic E-state index is 0.234. The molecule has 0 radical (unpaired) electrons. The Morgan fingerprint density at radius 2 is 1.68 bits per heavy atom. The van der Waals surface area contributed by atoms with E-state index in [0.717, 1.165) is 23.1 Å². The lowest BCUT2D eigenvalue weighted by atomic mass is 10.1. The summed E-state index contributed by atoms with van der Waals surface area (Å²) in [6, 6.07) is 21.6. The van der Waals surface area contributed by atoms with Crippen molar-refractivity contribution in [1.82, 2.24) is 4.90 Å². The second-order valence-electron chi connectivity index (χ2n) is 8.56. The van der Waals surface area contributed by atoms with E-state index in [9.17, 15) is 14.4 Å². The molecular formula is C28H22ClN3O4S2. The first-order valence-corrected chi connectivity index (χ1v) is 13.3. The third-order valence-corrected chi connectivity index (χ3v) is 8.01. The maximum Gasteiger partial charge on any atom is 0.267 e. The van der Waals surface area contributed by atoms with E-state index < -0.39 is 11.8 Å². The van der Waals surface area contributed by atoms with Crippen LogP contribution in [0.5, 0.6) is 5.75 Å². The number of anilines is 2. The van der Waals surface area contributed by atoms with Crippen LogP contribution in [0.1, 0.15) is 11.1 Å². The lowest BCUT2D eigenvalue weighted by molar-refractivity contribution is -0.122. The van der Waals surface area contributed by atoms with Crippen LogP contribution < -0.4 is 15.0 Å². The van der Waals surface area contributed by atoms with Crippen molar-refractivity contribution in [3.63, 3.8) is 0 Å². The summed E-state index contributed by atoms with van der Waals surface area (Å²) < 4.78 is 5.59. The minimum atomic E-state index is -0.420. The molecule has 0 saturated carbocycles. The number of nitrogens with one attached hydrogen (secondary N) is 1. The van der Waals surface area contributed by atoms with E-state index >= 15 is 0 Å². The van der Waals surface area contributed by atoms with Gasteiger partial charge in [-0.3, -0.25) is 24.2 Å². The van der Waals surface area contributed by atoms with Gasteiger partial charge in [0.2, 0.25) is 5.91 Å². The average Bonchev–Trinajstić information content (AvgIpc) is 3.35. The van der Waals surface area contributed by atoms with Crippen molar-refractivity contribution in [3.05, 3.63) is 93.9 Å². The summed E-state index contributed by atoms with van der Waals surface area (Å²) >= 11 is 12.8. The Balaban J connectivity index is 1.37. The SMILES string of the molecule is COc1ccc(CCN2C(=O)/C(=C3/C(=O)N(CC(=O)Nc4ccccc4Cl)c4ccccc43)SC2=S)cc1. The Hall–Kier alpha value is -3.66. The van der Waals surface area contributed by atoms with Crippen molar-refractivity contribution in [3.8, 4) is 5.75 Å². The van der Waals surface area contributed by atoms with E-state index in [1.54, 1.807) is 55.6 Å². The first kappa shape index (κ1) is 26.0. The van der Waals surface area contributed by atoms with Crippen LogP contribution in [-0.4, -0.2) is 47.1 Å². The van der Waals surface area contributed by atoms with Crippen molar-refractivity contribution < 1.29 is 19.1 Å². The van der Waals surface area contributed by atoms with Gasteiger partial charge in [-0.25, -0.2) is 0 Å². The highest BCUT2D eigenvalue weighted by Crippen LogP contribution is 2.44. The number of hydrogen-bond donors (Lipinski definition) is 1. The molecule has 5 rings (SSSR count). The molecule has 38 heavy (non-hydrogen) atoms. The molecule has 2 heterocycles. The Labute approximate surface area is 234 Å². The molecule has 3 amide bonds. The van der Waals surface area contributed by atoms with Gasteiger partial charge >= 0.3 is 0 Å². The van der Waals surface area contributed by atoms with Crippen LogP contribution in [0, 0.1) is 0 Å². The number of carbonyl (C=O) groups excluding carboxylic acids is 3. The molecular weight excluding hydrogens is 542 g/mol. The number of para-hydroxylation sites is 2. The van der Waals surface area contributed by atoms with E-state index in [1.165, 1.54) is 9.80 Å². The summed E-state index contributed by atoms with van der Waals surface area (Å²) in [5.41, 5.74) is 2.90. The molecule has 2 aliphatic heterocycles. The molecule has 1 saturated heterocycles. The van der Waals surface area contributed by atoms with Crippen LogP contribution in [0.3, 0.4) is 0 Å². The Morgan fingerprint density at radius 1 is 0.974 bits per heavy atom. The standard InChI is InChI=1S/C28H22ClN3O4S2/c1-36-18-12-10-17(11-13-18)14-15-31-27(35)25(38-28(31)37)24-19-6-2-5-9-22(19)32(26(24)34)16-23(33)30-21-8-4-3-7-20(21)29/h2-13H,14-16H2,1H3,(H,30,33)/b25-24-. The van der Waals surface area contributed by atoms with Crippen LogP contribution in [0.2, 0.25) is 5.02 Å². The fraction of sp³-hybridized carbons (Fsp3) is 0.143. The molecule has 7 nitrogen and oxygen atoms in total. The van der Waals surface area contributed by atoms with Gasteiger partial charge in [0.1, 0.15) is 16.6 Å². The number of rotatable bonds is 7. The number of methoxy groups -OCH3 is 1. The predicted molar refractivity (Wildman–Crippen MR) is 154 cm³/mol. The van der Waals surface area contributed by atoms with Gasteiger partial charge in [0.15, 0.2) is 0 Å². The van der Waals surface area contributed by atoms with Gasteiger partial charge in [-0.15, -0.1) is 0 Å². The van der Waals surface area contributed by atoms with E-state index in [0.29, 0.717) is 39.2 Å². The number of thiocarbonyl (C=S) groups is 1. The maximum absolute atomic E-state index is 13.6. The molecule has 0 unspecified atom stereocenters. The fourth-order valence-electron chi connectivity index (χ4n) is 4.33. The van der Waals surface area contributed by atoms with Crippen molar-refractivity contribution in [2.24, 2.45) is 0 Å². The quantitative estimate of drug-likeness (QED) is 0.316. The molecule has 3 aromatic carbocycles. The van der Waals surface area contributed by atoms with Crippen molar-refractivity contribution in [2.45, 2.75) is 6.42 Å². The van der Waals surface area contributed by atoms with E-state index in [4.69, 9.17) is 28.6 Å². The second kappa shape index (κ2) is 11.0. The minimum Gasteiger partial charge on any atom is -0.497 e. The largest absolute Gasteiger partial charge is 0.497 e. The lowest BCUT2D eigenvalue weighted by Crippen LogP contribution is -2.35. The molecule has 10 heteroatoms. The van der Waals surface area contributed by atoms with E-state index in [-0.39, 0.29) is 22.9 Å². The Bertz CT molecular complexity index is 1490. The third-order valence-electron chi connectivity index (χ3n) is 6.23. The Morgan fingerprint density at radius 3 is 2.42 bits per heavy atom. The average molecular weight is 564 g/mol. The number of benzene rings is 3. The molecule has 0 atom stereocenters. The van der Waals surface area contributed by atoms with Gasteiger partial charge in [-0.1, -0.05) is 78.0 Å². The third kappa shape index (κ3) is 5.05. The van der Waals surface area contributed by atoms with E-state index in [2.05, 4.69) is 5.32 Å². The van der Waals surface area contributed by atoms with Crippen molar-refractivity contribution in [2.75, 3.05) is 30.4 Å². The summed E-state index contributed by atoms with van der Waals surface area (Å²) in [5, 5.41) is 3.14. The van der Waals surface area contributed by atoms with Crippen LogP contribution in [-0.2, 0) is 20.8 Å². The first-order valence-electron chi connectivity index (χ1n) is 11.7. The van der Waals surface area contributed by atoms with Crippen LogP contribution >= 0.6 is 35.6 Å². The summed E-state index contributed by atoms with van der Waals surface area (Å²) in [7, 11) is 1.61. The van der Waals surface area contributed by atoms with Crippen molar-refractivity contribution >= 4 is 74.6 Å². The van der Waals surface area contributed by atoms with Crippen LogP contribution in [0.25, 0.3) is 5.57 Å². The van der Waals surface area contributed by atoms with Crippen LogP contribution in [0.15, 0.2) is 77.7 Å². The topological polar surface area (TPSA) is 79.0 Å². The fourth-order valence-corrected chi connectivity index (χ4v) is 5.89. The number of thioether (sulfide) groups is 1.